The molecular formula is C13H17BrO2. The molecule has 0 aliphatic rings. The van der Waals surface area contributed by atoms with Crippen molar-refractivity contribution in [3.63, 3.8) is 0 Å². The van der Waals surface area contributed by atoms with Crippen LogP contribution in [0.3, 0.4) is 0 Å². The number of ketones is 1. The number of halogens is 1. The molecule has 0 amide bonds. The van der Waals surface area contributed by atoms with E-state index in [1.807, 2.05) is 12.1 Å². The Bertz CT molecular complexity index is 332. The van der Waals surface area contributed by atoms with Gasteiger partial charge in [-0.15, -0.1) is 0 Å². The van der Waals surface area contributed by atoms with Crippen LogP contribution in [-0.2, 0) is 0 Å². The molecule has 0 aliphatic carbocycles. The van der Waals surface area contributed by atoms with Gasteiger partial charge >= 0.3 is 0 Å². The third-order valence-electron chi connectivity index (χ3n) is 2.47. The highest BCUT2D eigenvalue weighted by atomic mass is 79.9. The molecule has 0 N–H and O–H groups in total. The van der Waals surface area contributed by atoms with Crippen LogP contribution < -0.4 is 4.74 Å². The van der Waals surface area contributed by atoms with Crippen LogP contribution in [0.4, 0.5) is 0 Å². The van der Waals surface area contributed by atoms with Crippen LogP contribution >= 0.6 is 15.9 Å². The zero-order valence-electron chi connectivity index (χ0n) is 9.70. The second-order valence-corrected chi connectivity index (χ2v) is 4.81. The molecule has 0 aromatic heterocycles. The molecule has 1 atom stereocenters. The molecule has 0 bridgehead atoms. The van der Waals surface area contributed by atoms with E-state index in [1.54, 1.807) is 19.2 Å². The van der Waals surface area contributed by atoms with Gasteiger partial charge in [0.25, 0.3) is 0 Å². The number of carbonyl (C=O) groups is 1. The topological polar surface area (TPSA) is 26.3 Å². The number of benzene rings is 1. The fourth-order valence-corrected chi connectivity index (χ4v) is 2.04. The number of rotatable bonds is 6. The smallest absolute Gasteiger partial charge is 0.176 e. The largest absolute Gasteiger partial charge is 0.497 e. The molecule has 3 heteroatoms. The van der Waals surface area contributed by atoms with Crippen molar-refractivity contribution in [3.8, 4) is 5.75 Å². The van der Waals surface area contributed by atoms with Gasteiger partial charge < -0.3 is 4.74 Å². The summed E-state index contributed by atoms with van der Waals surface area (Å²) in [5.74, 6) is 0.923. The lowest BCUT2D eigenvalue weighted by Gasteiger charge is -2.08. The number of Topliss-reactive ketones (excluding diaryl/α,β-unsaturated/α-hetero) is 1. The highest BCUT2D eigenvalue weighted by Gasteiger charge is 2.15. The van der Waals surface area contributed by atoms with Crippen molar-refractivity contribution >= 4 is 21.7 Å². The van der Waals surface area contributed by atoms with Crippen LogP contribution in [0.15, 0.2) is 24.3 Å². The Morgan fingerprint density at radius 1 is 1.38 bits per heavy atom. The van der Waals surface area contributed by atoms with Gasteiger partial charge in [-0.3, -0.25) is 4.79 Å². The van der Waals surface area contributed by atoms with Gasteiger partial charge in [0.05, 0.1) is 11.9 Å². The molecule has 0 heterocycles. The number of carbonyl (C=O) groups excluding carboxylic acids is 1. The number of hydrogen-bond acceptors (Lipinski definition) is 2. The SMILES string of the molecule is CCCC[C@H](Br)C(=O)c1ccc(OC)cc1. The number of methoxy groups -OCH3 is 1. The first-order valence-electron chi connectivity index (χ1n) is 5.51. The number of alkyl halides is 1. The molecule has 0 fully saturated rings. The third-order valence-corrected chi connectivity index (χ3v) is 3.34. The van der Waals surface area contributed by atoms with E-state index in [1.165, 1.54) is 0 Å². The lowest BCUT2D eigenvalue weighted by Crippen LogP contribution is -2.13. The molecule has 0 spiro atoms. The summed E-state index contributed by atoms with van der Waals surface area (Å²) in [6.07, 6.45) is 3.07. The maximum absolute atomic E-state index is 12.0. The van der Waals surface area contributed by atoms with Gasteiger partial charge in [-0.25, -0.2) is 0 Å². The van der Waals surface area contributed by atoms with Crippen molar-refractivity contribution in [3.05, 3.63) is 29.8 Å². The van der Waals surface area contributed by atoms with E-state index < -0.39 is 0 Å². The summed E-state index contributed by atoms with van der Waals surface area (Å²) in [5.41, 5.74) is 0.735. The second-order valence-electron chi connectivity index (χ2n) is 3.70. The molecule has 0 unspecified atom stereocenters. The molecule has 0 aliphatic heterocycles. The summed E-state index contributed by atoms with van der Waals surface area (Å²) in [7, 11) is 1.62. The normalized spacial score (nSPS) is 12.2. The van der Waals surface area contributed by atoms with E-state index >= 15 is 0 Å². The van der Waals surface area contributed by atoms with Gasteiger partial charge in [-0.1, -0.05) is 35.7 Å². The lowest BCUT2D eigenvalue weighted by molar-refractivity contribution is 0.0988. The molecule has 1 aromatic carbocycles. The Morgan fingerprint density at radius 2 is 2.00 bits per heavy atom. The van der Waals surface area contributed by atoms with E-state index in [2.05, 4.69) is 22.9 Å². The average Bonchev–Trinajstić information content (AvgIpc) is 2.35. The van der Waals surface area contributed by atoms with Crippen LogP contribution in [0, 0.1) is 0 Å². The Morgan fingerprint density at radius 3 is 2.50 bits per heavy atom. The molecule has 88 valence electrons. The Balaban J connectivity index is 2.64. The summed E-state index contributed by atoms with van der Waals surface area (Å²) in [4.78, 5) is 11.9. The number of unbranched alkanes of at least 4 members (excludes halogenated alkanes) is 1. The fraction of sp³-hybridized carbons (Fsp3) is 0.462. The van der Waals surface area contributed by atoms with E-state index in [0.717, 1.165) is 30.6 Å². The third kappa shape index (κ3) is 3.63. The van der Waals surface area contributed by atoms with Crippen LogP contribution in [0.5, 0.6) is 5.75 Å². The van der Waals surface area contributed by atoms with Crippen molar-refractivity contribution in [1.82, 2.24) is 0 Å². The number of ether oxygens (including phenoxy) is 1. The predicted octanol–water partition coefficient (Wildman–Crippen LogP) is 3.83. The number of hydrogen-bond donors (Lipinski definition) is 0. The highest BCUT2D eigenvalue weighted by molar-refractivity contribution is 9.10. The second kappa shape index (κ2) is 6.69. The van der Waals surface area contributed by atoms with Gasteiger partial charge in [0.2, 0.25) is 0 Å². The molecule has 0 radical (unpaired) electrons. The maximum atomic E-state index is 12.0. The summed E-state index contributed by atoms with van der Waals surface area (Å²) < 4.78 is 5.05. The van der Waals surface area contributed by atoms with E-state index in [-0.39, 0.29) is 10.6 Å². The first-order valence-corrected chi connectivity index (χ1v) is 6.43. The van der Waals surface area contributed by atoms with Crippen LogP contribution in [0.25, 0.3) is 0 Å². The quantitative estimate of drug-likeness (QED) is 0.586. The summed E-state index contributed by atoms with van der Waals surface area (Å²) in [6.45, 7) is 2.12. The minimum atomic E-state index is -0.0687. The van der Waals surface area contributed by atoms with E-state index in [0.29, 0.717) is 0 Å². The van der Waals surface area contributed by atoms with Crippen molar-refractivity contribution < 1.29 is 9.53 Å². The molecule has 16 heavy (non-hydrogen) atoms. The first-order chi connectivity index (χ1) is 7.69. The lowest BCUT2D eigenvalue weighted by atomic mass is 10.0. The average molecular weight is 285 g/mol. The Labute approximate surface area is 105 Å². The monoisotopic (exact) mass is 284 g/mol. The Kier molecular flexibility index (Phi) is 5.53. The van der Waals surface area contributed by atoms with Crippen molar-refractivity contribution in [1.29, 1.82) is 0 Å². The van der Waals surface area contributed by atoms with Gasteiger partial charge in [0.1, 0.15) is 5.75 Å². The minimum Gasteiger partial charge on any atom is -0.497 e. The molecule has 1 aromatic rings. The van der Waals surface area contributed by atoms with Gasteiger partial charge in [0, 0.05) is 5.56 Å². The van der Waals surface area contributed by atoms with Gasteiger partial charge in [-0.05, 0) is 30.7 Å². The summed E-state index contributed by atoms with van der Waals surface area (Å²) in [5, 5.41) is 0. The van der Waals surface area contributed by atoms with E-state index in [9.17, 15) is 4.79 Å². The van der Waals surface area contributed by atoms with Crippen molar-refractivity contribution in [2.24, 2.45) is 0 Å². The molecule has 0 saturated heterocycles. The predicted molar refractivity (Wildman–Crippen MR) is 69.6 cm³/mol. The standard InChI is InChI=1S/C13H17BrO2/c1-3-4-5-12(14)13(15)10-6-8-11(16-2)9-7-10/h6-9,12H,3-5H2,1-2H3/t12-/m0/s1. The van der Waals surface area contributed by atoms with Crippen molar-refractivity contribution in [2.75, 3.05) is 7.11 Å². The minimum absolute atomic E-state index is 0.0687. The van der Waals surface area contributed by atoms with Crippen LogP contribution in [0.2, 0.25) is 0 Å². The summed E-state index contributed by atoms with van der Waals surface area (Å²) in [6, 6.07) is 7.24. The molecule has 2 nitrogen and oxygen atoms in total. The maximum Gasteiger partial charge on any atom is 0.176 e. The van der Waals surface area contributed by atoms with Crippen LogP contribution in [-0.4, -0.2) is 17.7 Å². The van der Waals surface area contributed by atoms with Gasteiger partial charge in [0.15, 0.2) is 5.78 Å². The Hall–Kier alpha value is -0.830. The molecule has 1 rings (SSSR count). The van der Waals surface area contributed by atoms with Crippen LogP contribution in [0.1, 0.15) is 36.5 Å². The zero-order chi connectivity index (χ0) is 12.0. The highest BCUT2D eigenvalue weighted by Crippen LogP contribution is 2.18. The van der Waals surface area contributed by atoms with E-state index in [4.69, 9.17) is 4.74 Å². The molecule has 0 saturated carbocycles. The zero-order valence-corrected chi connectivity index (χ0v) is 11.3. The van der Waals surface area contributed by atoms with Gasteiger partial charge in [-0.2, -0.15) is 0 Å². The summed E-state index contributed by atoms with van der Waals surface area (Å²) >= 11 is 3.44. The molecular weight excluding hydrogens is 268 g/mol. The first kappa shape index (κ1) is 13.2. The van der Waals surface area contributed by atoms with Crippen molar-refractivity contribution in [2.45, 2.75) is 31.0 Å². The fourth-order valence-electron chi connectivity index (χ4n) is 1.45.